The van der Waals surface area contributed by atoms with Gasteiger partial charge < -0.3 is 5.32 Å². The van der Waals surface area contributed by atoms with Gasteiger partial charge in [0.05, 0.1) is 11.6 Å². The standard InChI is InChI=1S/C12H12BrFN2/c1-8(13)7-16-9(2)11-4-3-10(6-15)5-12(11)14/h3-5,9,16H,1,7H2,2H3. The van der Waals surface area contributed by atoms with Crippen molar-refractivity contribution in [1.82, 2.24) is 5.32 Å². The van der Waals surface area contributed by atoms with Crippen molar-refractivity contribution >= 4 is 15.9 Å². The van der Waals surface area contributed by atoms with Gasteiger partial charge in [0, 0.05) is 22.6 Å². The summed E-state index contributed by atoms with van der Waals surface area (Å²) in [6.07, 6.45) is 0. The fourth-order valence-electron chi connectivity index (χ4n) is 1.32. The summed E-state index contributed by atoms with van der Waals surface area (Å²) in [6.45, 7) is 6.12. The van der Waals surface area contributed by atoms with E-state index in [1.807, 2.05) is 13.0 Å². The molecule has 1 aromatic rings. The molecule has 0 fully saturated rings. The van der Waals surface area contributed by atoms with Crippen molar-refractivity contribution < 1.29 is 4.39 Å². The molecule has 0 aromatic heterocycles. The van der Waals surface area contributed by atoms with Crippen LogP contribution in [0.15, 0.2) is 29.3 Å². The molecule has 1 aromatic carbocycles. The number of nitrogens with zero attached hydrogens (tertiary/aromatic N) is 1. The number of nitriles is 1. The number of nitrogens with one attached hydrogen (secondary N) is 1. The van der Waals surface area contributed by atoms with E-state index in [-0.39, 0.29) is 11.9 Å². The van der Waals surface area contributed by atoms with E-state index in [9.17, 15) is 4.39 Å². The van der Waals surface area contributed by atoms with Gasteiger partial charge in [-0.1, -0.05) is 28.6 Å². The van der Waals surface area contributed by atoms with Gasteiger partial charge in [0.15, 0.2) is 0 Å². The van der Waals surface area contributed by atoms with Crippen LogP contribution < -0.4 is 5.32 Å². The minimum absolute atomic E-state index is 0.123. The minimum atomic E-state index is -0.362. The van der Waals surface area contributed by atoms with Crippen LogP contribution in [0.25, 0.3) is 0 Å². The first-order valence-electron chi connectivity index (χ1n) is 4.80. The highest BCUT2D eigenvalue weighted by atomic mass is 79.9. The van der Waals surface area contributed by atoms with E-state index < -0.39 is 0 Å². The van der Waals surface area contributed by atoms with Crippen molar-refractivity contribution in [2.45, 2.75) is 13.0 Å². The van der Waals surface area contributed by atoms with Crippen molar-refractivity contribution in [3.63, 3.8) is 0 Å². The fraction of sp³-hybridized carbons (Fsp3) is 0.250. The molecule has 0 aliphatic carbocycles. The summed E-state index contributed by atoms with van der Waals surface area (Å²) >= 11 is 3.22. The maximum atomic E-state index is 13.6. The van der Waals surface area contributed by atoms with Gasteiger partial charge in [-0.05, 0) is 19.1 Å². The Balaban J connectivity index is 2.80. The van der Waals surface area contributed by atoms with Gasteiger partial charge >= 0.3 is 0 Å². The topological polar surface area (TPSA) is 35.8 Å². The van der Waals surface area contributed by atoms with E-state index in [4.69, 9.17) is 5.26 Å². The number of benzene rings is 1. The molecule has 1 rings (SSSR count). The van der Waals surface area contributed by atoms with E-state index in [1.54, 1.807) is 12.1 Å². The van der Waals surface area contributed by atoms with Gasteiger partial charge in [0.25, 0.3) is 0 Å². The molecule has 0 aliphatic heterocycles. The average Bonchev–Trinajstić information content (AvgIpc) is 2.25. The van der Waals surface area contributed by atoms with Gasteiger partial charge in [0.2, 0.25) is 0 Å². The molecule has 0 bridgehead atoms. The first-order chi connectivity index (χ1) is 7.54. The molecule has 0 aliphatic rings. The minimum Gasteiger partial charge on any atom is -0.306 e. The van der Waals surface area contributed by atoms with Gasteiger partial charge in [-0.2, -0.15) is 5.26 Å². The van der Waals surface area contributed by atoms with Crippen molar-refractivity contribution in [2.75, 3.05) is 6.54 Å². The largest absolute Gasteiger partial charge is 0.306 e. The second-order valence-corrected chi connectivity index (χ2v) is 4.59. The molecule has 16 heavy (non-hydrogen) atoms. The molecule has 0 saturated heterocycles. The maximum absolute atomic E-state index is 13.6. The number of halogens is 2. The van der Waals surface area contributed by atoms with Crippen LogP contribution in [0.3, 0.4) is 0 Å². The van der Waals surface area contributed by atoms with Crippen LogP contribution in [0.5, 0.6) is 0 Å². The number of hydrogen-bond acceptors (Lipinski definition) is 2. The van der Waals surface area contributed by atoms with Gasteiger partial charge in [-0.25, -0.2) is 4.39 Å². The summed E-state index contributed by atoms with van der Waals surface area (Å²) in [5.41, 5.74) is 0.881. The monoisotopic (exact) mass is 282 g/mol. The normalized spacial score (nSPS) is 11.9. The molecular formula is C12H12BrFN2. The molecular weight excluding hydrogens is 271 g/mol. The van der Waals surface area contributed by atoms with Crippen LogP contribution in [0.2, 0.25) is 0 Å². The molecule has 0 saturated carbocycles. The Kier molecular flexibility index (Phi) is 4.66. The summed E-state index contributed by atoms with van der Waals surface area (Å²) in [4.78, 5) is 0. The van der Waals surface area contributed by atoms with Crippen molar-refractivity contribution in [3.8, 4) is 6.07 Å². The zero-order valence-electron chi connectivity index (χ0n) is 8.93. The number of hydrogen-bond donors (Lipinski definition) is 1. The Morgan fingerprint density at radius 1 is 1.69 bits per heavy atom. The molecule has 1 unspecified atom stereocenters. The number of rotatable bonds is 4. The molecule has 0 amide bonds. The van der Waals surface area contributed by atoms with Crippen molar-refractivity contribution in [1.29, 1.82) is 5.26 Å². The fourth-order valence-corrected chi connectivity index (χ4v) is 1.48. The van der Waals surface area contributed by atoms with Gasteiger partial charge in [0.1, 0.15) is 5.82 Å². The van der Waals surface area contributed by atoms with Crippen LogP contribution in [0.4, 0.5) is 4.39 Å². The Morgan fingerprint density at radius 3 is 2.88 bits per heavy atom. The smallest absolute Gasteiger partial charge is 0.129 e. The second-order valence-electron chi connectivity index (χ2n) is 3.47. The predicted molar refractivity (Wildman–Crippen MR) is 65.6 cm³/mol. The van der Waals surface area contributed by atoms with Gasteiger partial charge in [-0.3, -0.25) is 0 Å². The van der Waals surface area contributed by atoms with Crippen LogP contribution in [0.1, 0.15) is 24.1 Å². The Hall–Kier alpha value is -1.18. The van der Waals surface area contributed by atoms with Crippen LogP contribution in [-0.4, -0.2) is 6.54 Å². The lowest BCUT2D eigenvalue weighted by molar-refractivity contribution is 0.548. The highest BCUT2D eigenvalue weighted by molar-refractivity contribution is 9.11. The third kappa shape index (κ3) is 3.44. The molecule has 0 heterocycles. The third-order valence-electron chi connectivity index (χ3n) is 2.20. The van der Waals surface area contributed by atoms with Crippen LogP contribution in [0, 0.1) is 17.1 Å². The Morgan fingerprint density at radius 2 is 2.38 bits per heavy atom. The highest BCUT2D eigenvalue weighted by Gasteiger charge is 2.10. The zero-order valence-corrected chi connectivity index (χ0v) is 10.5. The first kappa shape index (κ1) is 12.9. The lowest BCUT2D eigenvalue weighted by atomic mass is 10.1. The van der Waals surface area contributed by atoms with E-state index in [0.717, 1.165) is 4.48 Å². The predicted octanol–water partition coefficient (Wildman–Crippen LogP) is 3.26. The van der Waals surface area contributed by atoms with Crippen LogP contribution >= 0.6 is 15.9 Å². The van der Waals surface area contributed by atoms with Crippen molar-refractivity contribution in [2.24, 2.45) is 0 Å². The summed E-state index contributed by atoms with van der Waals surface area (Å²) in [7, 11) is 0. The maximum Gasteiger partial charge on any atom is 0.129 e. The summed E-state index contributed by atoms with van der Waals surface area (Å²) in [5.74, 6) is -0.362. The Labute approximate surface area is 103 Å². The van der Waals surface area contributed by atoms with Crippen molar-refractivity contribution in [3.05, 3.63) is 46.2 Å². The molecule has 2 nitrogen and oxygen atoms in total. The van der Waals surface area contributed by atoms with E-state index >= 15 is 0 Å². The molecule has 1 N–H and O–H groups in total. The van der Waals surface area contributed by atoms with E-state index in [2.05, 4.69) is 27.8 Å². The highest BCUT2D eigenvalue weighted by Crippen LogP contribution is 2.18. The summed E-state index contributed by atoms with van der Waals surface area (Å²) in [5, 5.41) is 11.7. The quantitative estimate of drug-likeness (QED) is 0.920. The molecule has 4 heteroatoms. The first-order valence-corrected chi connectivity index (χ1v) is 5.60. The van der Waals surface area contributed by atoms with E-state index in [1.165, 1.54) is 6.07 Å². The second kappa shape index (κ2) is 5.78. The Bertz CT molecular complexity index is 437. The summed E-state index contributed by atoms with van der Waals surface area (Å²) in [6, 6.07) is 6.26. The van der Waals surface area contributed by atoms with E-state index in [0.29, 0.717) is 17.7 Å². The molecule has 1 atom stereocenters. The average molecular weight is 283 g/mol. The molecule has 0 radical (unpaired) electrons. The SMILES string of the molecule is C=C(Br)CNC(C)c1ccc(C#N)cc1F. The van der Waals surface area contributed by atoms with Crippen LogP contribution in [-0.2, 0) is 0 Å². The van der Waals surface area contributed by atoms with Gasteiger partial charge in [-0.15, -0.1) is 0 Å². The molecule has 0 spiro atoms. The lowest BCUT2D eigenvalue weighted by Crippen LogP contribution is -2.20. The molecule has 84 valence electrons. The lowest BCUT2D eigenvalue weighted by Gasteiger charge is -2.14. The third-order valence-corrected chi connectivity index (χ3v) is 2.48. The summed E-state index contributed by atoms with van der Waals surface area (Å²) < 4.78 is 14.4. The zero-order chi connectivity index (χ0) is 12.1.